The summed E-state index contributed by atoms with van der Waals surface area (Å²) in [6.07, 6.45) is 4.81. The van der Waals surface area contributed by atoms with E-state index in [4.69, 9.17) is 4.74 Å². The summed E-state index contributed by atoms with van der Waals surface area (Å²) in [6, 6.07) is 5.90. The molecule has 0 aliphatic carbocycles. The predicted molar refractivity (Wildman–Crippen MR) is 99.1 cm³/mol. The molecule has 2 aliphatic rings. The van der Waals surface area contributed by atoms with Crippen LogP contribution in [0.1, 0.15) is 22.5 Å². The maximum absolute atomic E-state index is 12.7. The smallest absolute Gasteiger partial charge is 0.265 e. The molecule has 2 N–H and O–H groups in total. The standard InChI is InChI=1S/C18H20N4O3S/c1-25-11-15(23)22-8-4-18(5-9-22)20-13-10-14(12-2-6-19-7-3-12)26-16(13)17(24)21-18/h2-3,6-7,10,20H,4-5,8-9,11H2,1H3,(H,21,24). The van der Waals surface area contributed by atoms with E-state index in [0.717, 1.165) is 16.1 Å². The van der Waals surface area contributed by atoms with Gasteiger partial charge in [-0.15, -0.1) is 11.3 Å². The number of thiophene rings is 1. The van der Waals surface area contributed by atoms with Crippen LogP contribution in [-0.4, -0.2) is 54.2 Å². The fraction of sp³-hybridized carbons (Fsp3) is 0.389. The molecule has 4 rings (SSSR count). The molecule has 1 saturated heterocycles. The highest BCUT2D eigenvalue weighted by Crippen LogP contribution is 2.40. The molecule has 4 heterocycles. The zero-order valence-corrected chi connectivity index (χ0v) is 15.3. The molecule has 26 heavy (non-hydrogen) atoms. The first-order valence-corrected chi connectivity index (χ1v) is 9.33. The molecule has 0 radical (unpaired) electrons. The summed E-state index contributed by atoms with van der Waals surface area (Å²) in [5, 5.41) is 6.64. The number of piperidine rings is 1. The number of likely N-dealkylation sites (tertiary alicyclic amines) is 1. The molecule has 2 aromatic rings. The zero-order valence-electron chi connectivity index (χ0n) is 14.4. The molecule has 0 unspecified atom stereocenters. The number of amides is 2. The summed E-state index contributed by atoms with van der Waals surface area (Å²) in [7, 11) is 1.52. The molecule has 2 aromatic heterocycles. The van der Waals surface area contributed by atoms with E-state index in [9.17, 15) is 9.59 Å². The lowest BCUT2D eigenvalue weighted by Crippen LogP contribution is -2.62. The van der Waals surface area contributed by atoms with E-state index >= 15 is 0 Å². The minimum Gasteiger partial charge on any atom is -0.375 e. The molecule has 7 nitrogen and oxygen atoms in total. The van der Waals surface area contributed by atoms with Crippen LogP contribution in [0.2, 0.25) is 0 Å². The van der Waals surface area contributed by atoms with Crippen molar-refractivity contribution in [3.8, 4) is 10.4 Å². The van der Waals surface area contributed by atoms with Gasteiger partial charge in [-0.3, -0.25) is 14.6 Å². The van der Waals surface area contributed by atoms with Gasteiger partial charge in [0.2, 0.25) is 5.91 Å². The van der Waals surface area contributed by atoms with E-state index in [1.165, 1.54) is 18.4 Å². The van der Waals surface area contributed by atoms with Crippen LogP contribution < -0.4 is 10.6 Å². The van der Waals surface area contributed by atoms with E-state index in [1.807, 2.05) is 18.2 Å². The van der Waals surface area contributed by atoms with Gasteiger partial charge in [0.1, 0.15) is 17.1 Å². The lowest BCUT2D eigenvalue weighted by atomic mass is 9.94. The van der Waals surface area contributed by atoms with E-state index < -0.39 is 5.66 Å². The van der Waals surface area contributed by atoms with E-state index in [0.29, 0.717) is 30.8 Å². The largest absolute Gasteiger partial charge is 0.375 e. The van der Waals surface area contributed by atoms with Gasteiger partial charge in [-0.2, -0.15) is 0 Å². The van der Waals surface area contributed by atoms with Crippen LogP contribution in [0.3, 0.4) is 0 Å². The van der Waals surface area contributed by atoms with Gasteiger partial charge in [0.25, 0.3) is 5.91 Å². The number of nitrogens with zero attached hydrogens (tertiary/aromatic N) is 2. The van der Waals surface area contributed by atoms with Crippen molar-refractivity contribution < 1.29 is 14.3 Å². The van der Waals surface area contributed by atoms with Crippen molar-refractivity contribution in [2.75, 3.05) is 32.1 Å². The Balaban J connectivity index is 1.53. The number of carbonyl (C=O) groups is 2. The molecule has 1 fully saturated rings. The Morgan fingerprint density at radius 1 is 1.31 bits per heavy atom. The third kappa shape index (κ3) is 3.06. The van der Waals surface area contributed by atoms with Crippen LogP contribution in [-0.2, 0) is 9.53 Å². The first-order valence-electron chi connectivity index (χ1n) is 8.52. The minimum absolute atomic E-state index is 0.0133. The van der Waals surface area contributed by atoms with Crippen molar-refractivity contribution in [1.29, 1.82) is 0 Å². The molecule has 1 spiro atoms. The van der Waals surface area contributed by atoms with Crippen LogP contribution in [0.15, 0.2) is 30.6 Å². The average molecular weight is 372 g/mol. The Hall–Kier alpha value is -2.45. The molecule has 2 amide bonds. The summed E-state index contributed by atoms with van der Waals surface area (Å²) in [4.78, 5) is 32.2. The number of carbonyl (C=O) groups excluding carboxylic acids is 2. The third-order valence-corrected chi connectivity index (χ3v) is 6.05. The van der Waals surface area contributed by atoms with Gasteiger partial charge < -0.3 is 20.3 Å². The number of pyridine rings is 1. The fourth-order valence-corrected chi connectivity index (χ4v) is 4.49. The number of aromatic nitrogens is 1. The lowest BCUT2D eigenvalue weighted by molar-refractivity contribution is -0.136. The number of hydrogen-bond acceptors (Lipinski definition) is 6. The predicted octanol–water partition coefficient (Wildman–Crippen LogP) is 1.93. The van der Waals surface area contributed by atoms with Gasteiger partial charge in [0, 0.05) is 50.3 Å². The van der Waals surface area contributed by atoms with E-state index in [2.05, 4.69) is 15.6 Å². The number of anilines is 1. The number of methoxy groups -OCH3 is 1. The zero-order chi connectivity index (χ0) is 18.1. The van der Waals surface area contributed by atoms with Gasteiger partial charge in [0.05, 0.1) is 5.69 Å². The highest BCUT2D eigenvalue weighted by molar-refractivity contribution is 7.18. The Labute approximate surface area is 155 Å². The van der Waals surface area contributed by atoms with E-state index in [1.54, 1.807) is 17.3 Å². The number of rotatable bonds is 3. The molecular formula is C18H20N4O3S. The normalized spacial score (nSPS) is 18.2. The van der Waals surface area contributed by atoms with Gasteiger partial charge in [-0.1, -0.05) is 0 Å². The Morgan fingerprint density at radius 3 is 2.73 bits per heavy atom. The Bertz CT molecular complexity index is 828. The number of nitrogens with one attached hydrogen (secondary N) is 2. The summed E-state index contributed by atoms with van der Waals surface area (Å²) in [5.41, 5.74) is 1.41. The van der Waals surface area contributed by atoms with Crippen molar-refractivity contribution in [2.45, 2.75) is 18.5 Å². The van der Waals surface area contributed by atoms with Crippen molar-refractivity contribution in [3.05, 3.63) is 35.5 Å². The summed E-state index contributed by atoms with van der Waals surface area (Å²) >= 11 is 1.47. The maximum Gasteiger partial charge on any atom is 0.265 e. The molecule has 8 heteroatoms. The molecule has 0 bridgehead atoms. The molecule has 0 saturated carbocycles. The van der Waals surface area contributed by atoms with Crippen molar-refractivity contribution >= 4 is 28.8 Å². The second-order valence-corrected chi connectivity index (χ2v) is 7.62. The highest BCUT2D eigenvalue weighted by atomic mass is 32.1. The first kappa shape index (κ1) is 17.0. The molecule has 0 aromatic carbocycles. The van der Waals surface area contributed by atoms with Gasteiger partial charge in [-0.25, -0.2) is 0 Å². The van der Waals surface area contributed by atoms with Gasteiger partial charge >= 0.3 is 0 Å². The van der Waals surface area contributed by atoms with Gasteiger partial charge in [-0.05, 0) is 23.8 Å². The summed E-state index contributed by atoms with van der Waals surface area (Å²) in [5.74, 6) is -0.0681. The first-order chi connectivity index (χ1) is 12.6. The minimum atomic E-state index is -0.496. The average Bonchev–Trinajstić information content (AvgIpc) is 3.07. The monoisotopic (exact) mass is 372 g/mol. The van der Waals surface area contributed by atoms with Gasteiger partial charge in [0.15, 0.2) is 0 Å². The number of hydrogen-bond donors (Lipinski definition) is 2. The number of ether oxygens (including phenoxy) is 1. The third-order valence-electron chi connectivity index (χ3n) is 4.87. The van der Waals surface area contributed by atoms with E-state index in [-0.39, 0.29) is 18.4 Å². The topological polar surface area (TPSA) is 83.6 Å². The van der Waals surface area contributed by atoms with Crippen molar-refractivity contribution in [1.82, 2.24) is 15.2 Å². The van der Waals surface area contributed by atoms with Crippen LogP contribution in [0.5, 0.6) is 0 Å². The lowest BCUT2D eigenvalue weighted by Gasteiger charge is -2.45. The fourth-order valence-electron chi connectivity index (χ4n) is 3.48. The van der Waals surface area contributed by atoms with Crippen LogP contribution in [0, 0.1) is 0 Å². The van der Waals surface area contributed by atoms with Crippen molar-refractivity contribution in [2.24, 2.45) is 0 Å². The summed E-state index contributed by atoms with van der Waals surface area (Å²) < 4.78 is 4.92. The SMILES string of the molecule is COCC(=O)N1CCC2(CC1)NC(=O)c1sc(-c3ccncc3)cc1N2. The molecule has 2 aliphatic heterocycles. The van der Waals surface area contributed by atoms with Crippen LogP contribution in [0.25, 0.3) is 10.4 Å². The number of fused-ring (bicyclic) bond motifs is 1. The molecule has 136 valence electrons. The summed E-state index contributed by atoms with van der Waals surface area (Å²) in [6.45, 7) is 1.27. The van der Waals surface area contributed by atoms with Crippen molar-refractivity contribution in [3.63, 3.8) is 0 Å². The second-order valence-electron chi connectivity index (χ2n) is 6.56. The second kappa shape index (κ2) is 6.69. The Kier molecular flexibility index (Phi) is 4.37. The highest BCUT2D eigenvalue weighted by Gasteiger charge is 2.41. The molecular weight excluding hydrogens is 352 g/mol. The quantitative estimate of drug-likeness (QED) is 0.860. The van der Waals surface area contributed by atoms with Crippen LogP contribution >= 0.6 is 11.3 Å². The van der Waals surface area contributed by atoms with Crippen LogP contribution in [0.4, 0.5) is 5.69 Å². The Morgan fingerprint density at radius 2 is 2.04 bits per heavy atom. The molecule has 0 atom stereocenters. The maximum atomic E-state index is 12.7.